The molecule has 2 aliphatic rings. The maximum atomic E-state index is 13.0. The lowest BCUT2D eigenvalue weighted by Crippen LogP contribution is -2.41. The minimum Gasteiger partial charge on any atom is -0.348 e. The van der Waals surface area contributed by atoms with Crippen LogP contribution in [0.25, 0.3) is 5.69 Å². The normalized spacial score (nSPS) is 18.6. The molecule has 3 heterocycles. The number of hydrogen-bond donors (Lipinski definition) is 0. The number of rotatable bonds is 5. The summed E-state index contributed by atoms with van der Waals surface area (Å²) in [5.41, 5.74) is 3.08. The summed E-state index contributed by atoms with van der Waals surface area (Å²) in [7, 11) is 0. The topological polar surface area (TPSA) is 90.0 Å². The molecule has 0 N–H and O–H groups in total. The van der Waals surface area contributed by atoms with Gasteiger partial charge in [-0.3, -0.25) is 9.78 Å². The zero-order valence-electron chi connectivity index (χ0n) is 19.0. The lowest BCUT2D eigenvalue weighted by Gasteiger charge is -2.39. The van der Waals surface area contributed by atoms with Crippen LogP contribution in [0.5, 0.6) is 0 Å². The van der Waals surface area contributed by atoms with Crippen LogP contribution in [0.15, 0.2) is 48.8 Å². The van der Waals surface area contributed by atoms with E-state index >= 15 is 0 Å². The summed E-state index contributed by atoms with van der Waals surface area (Å²) in [4.78, 5) is 17.6. The molecule has 1 saturated heterocycles. The van der Waals surface area contributed by atoms with Crippen LogP contribution in [0.1, 0.15) is 53.0 Å². The second kappa shape index (κ2) is 8.95. The molecule has 2 fully saturated rings. The van der Waals surface area contributed by atoms with Gasteiger partial charge in [0.1, 0.15) is 0 Å². The number of carbonyl (C=O) groups is 1. The number of Topliss-reactive ketones (excluding diaryl/α,β-unsaturated/α-hetero) is 1. The molecule has 0 amide bonds. The molecular formula is C26H25ClN4O3. The Hall–Kier alpha value is -3.05. The van der Waals surface area contributed by atoms with Crippen LogP contribution in [0.3, 0.4) is 0 Å². The standard InChI is InChI=1S/C26H25ClN4O3/c1-18-22(16-30-31(18)21-5-3-20(27)4-6-21)23(32)14-19-2-7-24(29-15-19)25(17-28)8-10-26(11-9-25)33-12-13-34-26/h2-7,15-16H,8-14H2,1H3. The summed E-state index contributed by atoms with van der Waals surface area (Å²) >= 11 is 5.97. The number of nitrogens with zero attached hydrogens (tertiary/aromatic N) is 4. The third-order valence-corrected chi connectivity index (χ3v) is 7.21. The van der Waals surface area contributed by atoms with E-state index in [1.807, 2.05) is 31.2 Å². The molecule has 8 heteroatoms. The van der Waals surface area contributed by atoms with Crippen molar-refractivity contribution in [1.82, 2.24) is 14.8 Å². The molecule has 2 aromatic heterocycles. The number of nitriles is 1. The van der Waals surface area contributed by atoms with Gasteiger partial charge in [-0.15, -0.1) is 0 Å². The molecule has 1 aliphatic carbocycles. The van der Waals surface area contributed by atoms with Gasteiger partial charge in [0, 0.05) is 30.5 Å². The van der Waals surface area contributed by atoms with Crippen molar-refractivity contribution >= 4 is 17.4 Å². The van der Waals surface area contributed by atoms with Crippen molar-refractivity contribution in [3.8, 4) is 11.8 Å². The summed E-state index contributed by atoms with van der Waals surface area (Å²) in [6, 6.07) is 13.6. The van der Waals surface area contributed by atoms with Crippen LogP contribution in [0.2, 0.25) is 5.02 Å². The summed E-state index contributed by atoms with van der Waals surface area (Å²) in [5.74, 6) is -0.557. The molecule has 174 valence electrons. The highest BCUT2D eigenvalue weighted by Gasteiger charge is 2.48. The number of ether oxygens (including phenoxy) is 2. The lowest BCUT2D eigenvalue weighted by molar-refractivity contribution is -0.182. The van der Waals surface area contributed by atoms with Gasteiger partial charge >= 0.3 is 0 Å². The van der Waals surface area contributed by atoms with Gasteiger partial charge in [0.15, 0.2) is 11.6 Å². The Morgan fingerprint density at radius 1 is 1.09 bits per heavy atom. The Balaban J connectivity index is 1.29. The van der Waals surface area contributed by atoms with Gasteiger partial charge in [-0.2, -0.15) is 10.4 Å². The molecule has 0 radical (unpaired) electrons. The van der Waals surface area contributed by atoms with Crippen LogP contribution in [-0.2, 0) is 21.3 Å². The number of carbonyl (C=O) groups excluding carboxylic acids is 1. The van der Waals surface area contributed by atoms with Gasteiger partial charge in [0.25, 0.3) is 0 Å². The van der Waals surface area contributed by atoms with E-state index in [1.165, 1.54) is 0 Å². The van der Waals surface area contributed by atoms with Gasteiger partial charge in [0.2, 0.25) is 0 Å². The molecule has 7 nitrogen and oxygen atoms in total. The van der Waals surface area contributed by atoms with Gasteiger partial charge in [0.05, 0.1) is 53.5 Å². The van der Waals surface area contributed by atoms with Crippen molar-refractivity contribution in [2.24, 2.45) is 0 Å². The van der Waals surface area contributed by atoms with Crippen molar-refractivity contribution in [3.63, 3.8) is 0 Å². The average Bonchev–Trinajstić information content (AvgIpc) is 3.48. The van der Waals surface area contributed by atoms with Gasteiger partial charge in [-0.1, -0.05) is 17.7 Å². The van der Waals surface area contributed by atoms with Crippen molar-refractivity contribution in [1.29, 1.82) is 5.26 Å². The minimum atomic E-state index is -0.653. The third kappa shape index (κ3) is 4.14. The Kier molecular flexibility index (Phi) is 5.98. The van der Waals surface area contributed by atoms with Crippen molar-refractivity contribution in [2.75, 3.05) is 13.2 Å². The quantitative estimate of drug-likeness (QED) is 0.494. The molecule has 34 heavy (non-hydrogen) atoms. The number of benzene rings is 1. The molecule has 1 spiro atoms. The van der Waals surface area contributed by atoms with E-state index in [0.29, 0.717) is 49.5 Å². The maximum absolute atomic E-state index is 13.0. The molecule has 5 rings (SSSR count). The summed E-state index contributed by atoms with van der Waals surface area (Å²) in [6.45, 7) is 3.09. The first kappa shape index (κ1) is 22.7. The van der Waals surface area contributed by atoms with Crippen molar-refractivity contribution < 1.29 is 14.3 Å². The first-order valence-electron chi connectivity index (χ1n) is 11.4. The van der Waals surface area contributed by atoms with E-state index in [1.54, 1.807) is 29.2 Å². The SMILES string of the molecule is Cc1c(C(=O)Cc2ccc(C3(C#N)CCC4(CC3)OCCO4)nc2)cnn1-c1ccc(Cl)cc1. The van der Waals surface area contributed by atoms with E-state index < -0.39 is 11.2 Å². The number of ketones is 1. The molecule has 0 atom stereocenters. The smallest absolute Gasteiger partial charge is 0.170 e. The van der Waals surface area contributed by atoms with E-state index in [9.17, 15) is 10.1 Å². The molecule has 0 unspecified atom stereocenters. The first-order valence-corrected chi connectivity index (χ1v) is 11.8. The molecule has 1 aromatic carbocycles. The first-order chi connectivity index (χ1) is 16.4. The van der Waals surface area contributed by atoms with Crippen LogP contribution in [-0.4, -0.2) is 39.5 Å². The zero-order valence-corrected chi connectivity index (χ0v) is 19.7. The predicted octanol–water partition coefficient (Wildman–Crippen LogP) is 4.73. The Morgan fingerprint density at radius 2 is 1.79 bits per heavy atom. The largest absolute Gasteiger partial charge is 0.348 e. The van der Waals surface area contributed by atoms with Gasteiger partial charge in [-0.25, -0.2) is 4.68 Å². The fourth-order valence-electron chi connectivity index (χ4n) is 4.89. The second-order valence-electron chi connectivity index (χ2n) is 8.99. The fourth-order valence-corrected chi connectivity index (χ4v) is 5.01. The molecular weight excluding hydrogens is 452 g/mol. The van der Waals surface area contributed by atoms with Crippen molar-refractivity contribution in [2.45, 2.75) is 50.2 Å². The molecule has 3 aromatic rings. The van der Waals surface area contributed by atoms with Crippen molar-refractivity contribution in [3.05, 3.63) is 76.3 Å². The Bertz CT molecular complexity index is 1230. The highest BCUT2D eigenvalue weighted by molar-refractivity contribution is 6.30. The number of hydrogen-bond acceptors (Lipinski definition) is 6. The number of halogens is 1. The maximum Gasteiger partial charge on any atom is 0.170 e. The average molecular weight is 477 g/mol. The van der Waals surface area contributed by atoms with E-state index in [-0.39, 0.29) is 12.2 Å². The highest BCUT2D eigenvalue weighted by Crippen LogP contribution is 2.45. The fraction of sp³-hybridized carbons (Fsp3) is 0.385. The van der Waals surface area contributed by atoms with E-state index in [4.69, 9.17) is 21.1 Å². The molecule has 0 bridgehead atoms. The molecule has 1 saturated carbocycles. The Morgan fingerprint density at radius 3 is 2.41 bits per heavy atom. The van der Waals surface area contributed by atoms with Crippen LogP contribution < -0.4 is 0 Å². The number of aromatic nitrogens is 3. The zero-order chi connectivity index (χ0) is 23.8. The van der Waals surface area contributed by atoms with Crippen LogP contribution in [0, 0.1) is 18.3 Å². The van der Waals surface area contributed by atoms with E-state index in [0.717, 1.165) is 22.6 Å². The van der Waals surface area contributed by atoms with Crippen LogP contribution >= 0.6 is 11.6 Å². The summed E-state index contributed by atoms with van der Waals surface area (Å²) in [6.07, 6.45) is 6.15. The van der Waals surface area contributed by atoms with Gasteiger partial charge in [-0.05, 0) is 55.7 Å². The number of pyridine rings is 1. The molecule has 1 aliphatic heterocycles. The highest BCUT2D eigenvalue weighted by atomic mass is 35.5. The third-order valence-electron chi connectivity index (χ3n) is 6.95. The van der Waals surface area contributed by atoms with Crippen LogP contribution in [0.4, 0.5) is 0 Å². The predicted molar refractivity (Wildman–Crippen MR) is 126 cm³/mol. The lowest BCUT2D eigenvalue weighted by atomic mass is 9.70. The minimum absolute atomic E-state index is 0.0302. The Labute approximate surface area is 203 Å². The summed E-state index contributed by atoms with van der Waals surface area (Å²) in [5, 5.41) is 15.0. The van der Waals surface area contributed by atoms with Gasteiger partial charge < -0.3 is 9.47 Å². The monoisotopic (exact) mass is 476 g/mol. The second-order valence-corrected chi connectivity index (χ2v) is 9.42. The van der Waals surface area contributed by atoms with E-state index in [2.05, 4.69) is 16.2 Å². The summed E-state index contributed by atoms with van der Waals surface area (Å²) < 4.78 is 13.3.